The van der Waals surface area contributed by atoms with Crippen LogP contribution in [0, 0.1) is 0 Å². The molecule has 0 bridgehead atoms. The van der Waals surface area contributed by atoms with Gasteiger partial charge in [0, 0.05) is 26.4 Å². The van der Waals surface area contributed by atoms with Crippen molar-refractivity contribution in [3.05, 3.63) is 41.6 Å². The average molecular weight is 293 g/mol. The Kier molecular flexibility index (Phi) is 5.15. The minimum absolute atomic E-state index is 0.514. The van der Waals surface area contributed by atoms with Crippen molar-refractivity contribution < 1.29 is 4.74 Å². The molecule has 6 heteroatoms. The van der Waals surface area contributed by atoms with Gasteiger partial charge in [-0.2, -0.15) is 4.98 Å². The number of nitrogens with one attached hydrogen (secondary N) is 1. The molecule has 1 aromatic heterocycles. The van der Waals surface area contributed by atoms with Crippen molar-refractivity contribution in [3.63, 3.8) is 0 Å². The molecule has 2 rings (SSSR count). The van der Waals surface area contributed by atoms with E-state index >= 15 is 0 Å². The summed E-state index contributed by atoms with van der Waals surface area (Å²) in [4.78, 5) is 10.6. The van der Waals surface area contributed by atoms with Crippen LogP contribution in [0.3, 0.4) is 0 Å². The van der Waals surface area contributed by atoms with Gasteiger partial charge in [0.25, 0.3) is 0 Å². The number of methoxy groups -OCH3 is 1. The van der Waals surface area contributed by atoms with E-state index in [2.05, 4.69) is 15.3 Å². The van der Waals surface area contributed by atoms with E-state index in [9.17, 15) is 0 Å². The van der Waals surface area contributed by atoms with Crippen molar-refractivity contribution >= 4 is 29.1 Å². The average Bonchev–Trinajstić information content (AvgIpc) is 2.48. The molecule has 1 N–H and O–H groups in total. The van der Waals surface area contributed by atoms with E-state index in [0.717, 1.165) is 5.69 Å². The van der Waals surface area contributed by atoms with E-state index in [4.69, 9.17) is 16.3 Å². The van der Waals surface area contributed by atoms with Crippen LogP contribution in [0.25, 0.3) is 0 Å². The summed E-state index contributed by atoms with van der Waals surface area (Å²) >= 11 is 6.14. The van der Waals surface area contributed by atoms with E-state index < -0.39 is 0 Å². The van der Waals surface area contributed by atoms with Gasteiger partial charge < -0.3 is 15.0 Å². The third-order valence-corrected chi connectivity index (χ3v) is 3.01. The maximum atomic E-state index is 6.14. The van der Waals surface area contributed by atoms with Gasteiger partial charge in [0.2, 0.25) is 5.95 Å². The highest BCUT2D eigenvalue weighted by molar-refractivity contribution is 6.32. The molecule has 0 unspecified atom stereocenters. The third kappa shape index (κ3) is 3.82. The lowest BCUT2D eigenvalue weighted by Gasteiger charge is -2.19. The van der Waals surface area contributed by atoms with E-state index in [1.165, 1.54) is 0 Å². The fourth-order valence-corrected chi connectivity index (χ4v) is 1.91. The minimum atomic E-state index is 0.514. The highest BCUT2D eigenvalue weighted by atomic mass is 35.5. The van der Waals surface area contributed by atoms with Crippen LogP contribution in [-0.2, 0) is 4.74 Å². The van der Waals surface area contributed by atoms with Crippen LogP contribution in [0.15, 0.2) is 36.5 Å². The fraction of sp³-hybridized carbons (Fsp3) is 0.286. The first-order valence-electron chi connectivity index (χ1n) is 6.25. The number of hydrogen-bond donors (Lipinski definition) is 1. The quantitative estimate of drug-likeness (QED) is 0.887. The van der Waals surface area contributed by atoms with Gasteiger partial charge in [0.1, 0.15) is 5.02 Å². The lowest BCUT2D eigenvalue weighted by molar-refractivity contribution is 0.206. The molecule has 106 valence electrons. The number of aromatic nitrogens is 2. The molecule has 0 saturated carbocycles. The van der Waals surface area contributed by atoms with Crippen LogP contribution in [0.4, 0.5) is 17.5 Å². The van der Waals surface area contributed by atoms with Crippen LogP contribution in [-0.4, -0.2) is 37.3 Å². The van der Waals surface area contributed by atoms with Crippen LogP contribution in [0.1, 0.15) is 0 Å². The van der Waals surface area contributed by atoms with Gasteiger partial charge in [0.15, 0.2) is 5.82 Å². The number of hydrogen-bond acceptors (Lipinski definition) is 5. The molecule has 0 atom stereocenters. The molecule has 0 aliphatic heterocycles. The van der Waals surface area contributed by atoms with E-state index in [1.54, 1.807) is 13.3 Å². The number of para-hydroxylation sites is 1. The molecule has 20 heavy (non-hydrogen) atoms. The van der Waals surface area contributed by atoms with Gasteiger partial charge in [-0.15, -0.1) is 0 Å². The van der Waals surface area contributed by atoms with Gasteiger partial charge in [-0.25, -0.2) is 4.98 Å². The predicted molar refractivity (Wildman–Crippen MR) is 81.9 cm³/mol. The van der Waals surface area contributed by atoms with Crippen molar-refractivity contribution in [3.8, 4) is 0 Å². The number of rotatable bonds is 6. The first-order valence-corrected chi connectivity index (χ1v) is 6.63. The van der Waals surface area contributed by atoms with Crippen molar-refractivity contribution in [2.24, 2.45) is 0 Å². The zero-order valence-corrected chi connectivity index (χ0v) is 12.3. The summed E-state index contributed by atoms with van der Waals surface area (Å²) in [5, 5.41) is 3.66. The number of likely N-dealkylation sites (N-methyl/N-ethyl adjacent to an activating group) is 1. The fourth-order valence-electron chi connectivity index (χ4n) is 1.67. The van der Waals surface area contributed by atoms with Gasteiger partial charge in [-0.1, -0.05) is 29.8 Å². The predicted octanol–water partition coefficient (Wildman–Crippen LogP) is 2.96. The molecule has 0 amide bonds. The van der Waals surface area contributed by atoms with Crippen LogP contribution in [0.2, 0.25) is 5.02 Å². The molecular weight excluding hydrogens is 276 g/mol. The monoisotopic (exact) mass is 292 g/mol. The molecule has 1 heterocycles. The summed E-state index contributed by atoms with van der Waals surface area (Å²) in [6.07, 6.45) is 1.60. The molecule has 5 nitrogen and oxygen atoms in total. The van der Waals surface area contributed by atoms with Crippen LogP contribution < -0.4 is 10.2 Å². The third-order valence-electron chi connectivity index (χ3n) is 2.75. The van der Waals surface area contributed by atoms with Crippen molar-refractivity contribution in [2.45, 2.75) is 0 Å². The largest absolute Gasteiger partial charge is 0.383 e. The second kappa shape index (κ2) is 7.07. The highest BCUT2D eigenvalue weighted by Gasteiger charge is 2.10. The Morgan fingerprint density at radius 1 is 1.30 bits per heavy atom. The molecule has 1 aromatic carbocycles. The number of nitrogens with zero attached hydrogens (tertiary/aromatic N) is 3. The number of ether oxygens (including phenoxy) is 1. The molecule has 0 radical (unpaired) electrons. The molecular formula is C14H17ClN4O. The van der Waals surface area contributed by atoms with Gasteiger partial charge in [-0.3, -0.25) is 0 Å². The summed E-state index contributed by atoms with van der Waals surface area (Å²) < 4.78 is 5.06. The SMILES string of the molecule is COCCN(C)c1nc(Nc2ccccc2)ncc1Cl. The van der Waals surface area contributed by atoms with Crippen molar-refractivity contribution in [1.29, 1.82) is 0 Å². The summed E-state index contributed by atoms with van der Waals surface area (Å²) in [6, 6.07) is 9.75. The summed E-state index contributed by atoms with van der Waals surface area (Å²) in [5.41, 5.74) is 0.931. The molecule has 2 aromatic rings. The molecule has 0 fully saturated rings. The number of anilines is 3. The van der Waals surface area contributed by atoms with E-state index in [0.29, 0.717) is 29.9 Å². The van der Waals surface area contributed by atoms with Gasteiger partial charge in [-0.05, 0) is 12.1 Å². The Balaban J connectivity index is 2.15. The Morgan fingerprint density at radius 2 is 2.05 bits per heavy atom. The zero-order chi connectivity index (χ0) is 14.4. The summed E-state index contributed by atoms with van der Waals surface area (Å²) in [5.74, 6) is 1.19. The molecule has 0 spiro atoms. The van der Waals surface area contributed by atoms with Crippen molar-refractivity contribution in [2.75, 3.05) is 37.5 Å². The lowest BCUT2D eigenvalue weighted by atomic mass is 10.3. The Labute approximate surface area is 123 Å². The minimum Gasteiger partial charge on any atom is -0.383 e. The number of benzene rings is 1. The van der Waals surface area contributed by atoms with Crippen LogP contribution in [0.5, 0.6) is 0 Å². The normalized spacial score (nSPS) is 10.3. The second-order valence-corrected chi connectivity index (χ2v) is 4.68. The van der Waals surface area contributed by atoms with Crippen LogP contribution >= 0.6 is 11.6 Å². The Hall–Kier alpha value is -1.85. The van der Waals surface area contributed by atoms with Gasteiger partial charge >= 0.3 is 0 Å². The van der Waals surface area contributed by atoms with Crippen molar-refractivity contribution in [1.82, 2.24) is 9.97 Å². The Morgan fingerprint density at radius 3 is 2.75 bits per heavy atom. The smallest absolute Gasteiger partial charge is 0.229 e. The maximum absolute atomic E-state index is 6.14. The first-order chi connectivity index (χ1) is 9.70. The molecule has 0 saturated heterocycles. The van der Waals surface area contributed by atoms with E-state index in [-0.39, 0.29) is 0 Å². The summed E-state index contributed by atoms with van der Waals surface area (Å²) in [6.45, 7) is 1.32. The molecule has 0 aliphatic carbocycles. The van der Waals surface area contributed by atoms with Gasteiger partial charge in [0.05, 0.1) is 12.8 Å². The lowest BCUT2D eigenvalue weighted by Crippen LogP contribution is -2.23. The maximum Gasteiger partial charge on any atom is 0.229 e. The zero-order valence-electron chi connectivity index (χ0n) is 11.5. The van der Waals surface area contributed by atoms with E-state index in [1.807, 2.05) is 42.3 Å². The first kappa shape index (κ1) is 14.6. The molecule has 0 aliphatic rings. The topological polar surface area (TPSA) is 50.3 Å². The summed E-state index contributed by atoms with van der Waals surface area (Å²) in [7, 11) is 3.58. The standard InChI is InChI=1S/C14H17ClN4O/c1-19(8-9-20-2)13-12(15)10-16-14(18-13)17-11-6-4-3-5-7-11/h3-7,10H,8-9H2,1-2H3,(H,16,17,18). The second-order valence-electron chi connectivity index (χ2n) is 4.27. The number of halogens is 1. The Bertz CT molecular complexity index is 550. The highest BCUT2D eigenvalue weighted by Crippen LogP contribution is 2.23.